The van der Waals surface area contributed by atoms with Gasteiger partial charge in [-0.25, -0.2) is 0 Å². The predicted octanol–water partition coefficient (Wildman–Crippen LogP) is 5.03. The fourth-order valence-electron chi connectivity index (χ4n) is 1.79. The molecule has 0 amide bonds. The van der Waals surface area contributed by atoms with Crippen molar-refractivity contribution in [2.24, 2.45) is 0 Å². The van der Waals surface area contributed by atoms with Crippen LogP contribution < -0.4 is 0 Å². The maximum atomic E-state index is 12.8. The van der Waals surface area contributed by atoms with E-state index in [0.717, 1.165) is 5.56 Å². The lowest BCUT2D eigenvalue weighted by atomic mass is 10.0. The van der Waals surface area contributed by atoms with E-state index in [1.807, 2.05) is 0 Å². The molecule has 1 N–H and O–H groups in total. The van der Waals surface area contributed by atoms with Crippen molar-refractivity contribution in [1.82, 2.24) is 4.98 Å². The van der Waals surface area contributed by atoms with Crippen molar-refractivity contribution in [1.29, 1.82) is 0 Å². The first kappa shape index (κ1) is 14.5. The van der Waals surface area contributed by atoms with E-state index in [1.54, 1.807) is 6.92 Å². The highest BCUT2D eigenvalue weighted by Gasteiger charge is 2.41. The normalized spacial score (nSPS) is 12.8. The summed E-state index contributed by atoms with van der Waals surface area (Å²) >= 11 is 0. The number of rotatable bonds is 1. The monoisotopic (exact) mass is 293 g/mol. The van der Waals surface area contributed by atoms with Gasteiger partial charge in [-0.05, 0) is 18.6 Å². The van der Waals surface area contributed by atoms with Crippen molar-refractivity contribution in [3.8, 4) is 11.1 Å². The molecule has 0 atom stereocenters. The molecule has 1 heterocycles. The van der Waals surface area contributed by atoms with Crippen LogP contribution in [0.3, 0.4) is 0 Å². The molecular weight excluding hydrogens is 284 g/mol. The standard InChI is InChI=1S/C13H9F6N/c1-7-2-4-8(5-3-7)9-6-10(12(14,15)16)20-11(9)13(17,18)19/h2-6,20H,1H3. The van der Waals surface area contributed by atoms with Crippen LogP contribution in [-0.2, 0) is 12.4 Å². The first-order valence-corrected chi connectivity index (χ1v) is 5.53. The summed E-state index contributed by atoms with van der Waals surface area (Å²) in [4.78, 5) is 1.42. The van der Waals surface area contributed by atoms with Crippen molar-refractivity contribution in [2.75, 3.05) is 0 Å². The molecule has 0 unspecified atom stereocenters. The van der Waals surface area contributed by atoms with Gasteiger partial charge in [-0.15, -0.1) is 0 Å². The molecule has 1 nitrogen and oxygen atoms in total. The molecule has 2 rings (SSSR count). The summed E-state index contributed by atoms with van der Waals surface area (Å²) in [5.74, 6) is 0. The zero-order chi connectivity index (χ0) is 15.1. The second kappa shape index (κ2) is 4.57. The van der Waals surface area contributed by atoms with E-state index in [4.69, 9.17) is 0 Å². The van der Waals surface area contributed by atoms with Crippen LogP contribution in [-0.4, -0.2) is 4.98 Å². The van der Waals surface area contributed by atoms with Crippen LogP contribution in [0.15, 0.2) is 30.3 Å². The Bertz CT molecular complexity index is 603. The summed E-state index contributed by atoms with van der Waals surface area (Å²) in [6.45, 7) is 1.73. The largest absolute Gasteiger partial charge is 0.431 e. The Balaban J connectivity index is 2.62. The number of halogens is 6. The van der Waals surface area contributed by atoms with Gasteiger partial charge >= 0.3 is 12.4 Å². The van der Waals surface area contributed by atoms with Gasteiger partial charge in [0.25, 0.3) is 0 Å². The lowest BCUT2D eigenvalue weighted by Gasteiger charge is -2.08. The van der Waals surface area contributed by atoms with Crippen LogP contribution in [0.1, 0.15) is 17.0 Å². The number of H-pyrrole nitrogens is 1. The predicted molar refractivity (Wildman–Crippen MR) is 61.0 cm³/mol. The SMILES string of the molecule is Cc1ccc(-c2cc(C(F)(F)F)[nH]c2C(F)(F)F)cc1. The Morgan fingerprint density at radius 3 is 1.85 bits per heavy atom. The zero-order valence-corrected chi connectivity index (χ0v) is 10.2. The molecule has 2 aromatic rings. The second-order valence-electron chi connectivity index (χ2n) is 4.33. The number of hydrogen-bond donors (Lipinski definition) is 1. The van der Waals surface area contributed by atoms with Crippen LogP contribution in [0.4, 0.5) is 26.3 Å². The summed E-state index contributed by atoms with van der Waals surface area (Å²) in [7, 11) is 0. The lowest BCUT2D eigenvalue weighted by Crippen LogP contribution is -2.10. The minimum absolute atomic E-state index is 0.0784. The van der Waals surface area contributed by atoms with Crippen LogP contribution >= 0.6 is 0 Å². The maximum absolute atomic E-state index is 12.8. The van der Waals surface area contributed by atoms with Crippen molar-refractivity contribution < 1.29 is 26.3 Å². The fourth-order valence-corrected chi connectivity index (χ4v) is 1.79. The van der Waals surface area contributed by atoms with Gasteiger partial charge in [0.05, 0.1) is 0 Å². The van der Waals surface area contributed by atoms with E-state index < -0.39 is 29.3 Å². The summed E-state index contributed by atoms with van der Waals surface area (Å²) in [6.07, 6.45) is -9.74. The number of alkyl halides is 6. The molecule has 0 spiro atoms. The highest BCUT2D eigenvalue weighted by Crippen LogP contribution is 2.40. The molecule has 0 aliphatic heterocycles. The minimum Gasteiger partial charge on any atom is -0.347 e. The van der Waals surface area contributed by atoms with Crippen molar-refractivity contribution in [2.45, 2.75) is 19.3 Å². The van der Waals surface area contributed by atoms with Gasteiger partial charge in [0.2, 0.25) is 0 Å². The molecule has 0 aliphatic rings. The van der Waals surface area contributed by atoms with Crippen LogP contribution in [0.2, 0.25) is 0 Å². The Kier molecular flexibility index (Phi) is 3.31. The number of aromatic nitrogens is 1. The highest BCUT2D eigenvalue weighted by molar-refractivity contribution is 5.68. The van der Waals surface area contributed by atoms with E-state index in [-0.39, 0.29) is 5.56 Å². The molecule has 0 fully saturated rings. The molecule has 1 aromatic heterocycles. The van der Waals surface area contributed by atoms with Crippen molar-refractivity contribution >= 4 is 0 Å². The van der Waals surface area contributed by atoms with E-state index in [1.165, 1.54) is 29.2 Å². The molecule has 20 heavy (non-hydrogen) atoms. The third kappa shape index (κ3) is 2.81. The number of aromatic amines is 1. The fraction of sp³-hybridized carbons (Fsp3) is 0.231. The molecule has 0 saturated carbocycles. The first-order valence-electron chi connectivity index (χ1n) is 5.53. The number of aryl methyl sites for hydroxylation is 1. The Labute approximate surface area is 110 Å². The van der Waals surface area contributed by atoms with Crippen molar-refractivity contribution in [3.63, 3.8) is 0 Å². The number of nitrogens with one attached hydrogen (secondary N) is 1. The molecule has 0 bridgehead atoms. The van der Waals surface area contributed by atoms with Crippen LogP contribution in [0.5, 0.6) is 0 Å². The molecule has 1 aromatic carbocycles. The molecular formula is C13H9F6N. The summed E-state index contributed by atoms with van der Waals surface area (Å²) in [5, 5.41) is 0. The molecule has 0 radical (unpaired) electrons. The second-order valence-corrected chi connectivity index (χ2v) is 4.33. The zero-order valence-electron chi connectivity index (χ0n) is 10.2. The van der Waals surface area contributed by atoms with Crippen molar-refractivity contribution in [3.05, 3.63) is 47.3 Å². The Hall–Kier alpha value is -1.92. The van der Waals surface area contributed by atoms with Gasteiger partial charge in [-0.3, -0.25) is 0 Å². The third-order valence-corrected chi connectivity index (χ3v) is 2.77. The minimum atomic E-state index is -4.89. The highest BCUT2D eigenvalue weighted by atomic mass is 19.4. The summed E-state index contributed by atoms with van der Waals surface area (Å²) in [6, 6.07) is 6.26. The average molecular weight is 293 g/mol. The van der Waals surface area contributed by atoms with Gasteiger partial charge < -0.3 is 4.98 Å². The first-order chi connectivity index (χ1) is 9.09. The van der Waals surface area contributed by atoms with Gasteiger partial charge in [-0.2, -0.15) is 26.3 Å². The number of hydrogen-bond acceptors (Lipinski definition) is 0. The smallest absolute Gasteiger partial charge is 0.347 e. The lowest BCUT2D eigenvalue weighted by molar-refractivity contribution is -0.147. The van der Waals surface area contributed by atoms with Crippen LogP contribution in [0, 0.1) is 6.92 Å². The third-order valence-electron chi connectivity index (χ3n) is 2.77. The van der Waals surface area contributed by atoms with E-state index >= 15 is 0 Å². The maximum Gasteiger partial charge on any atom is 0.431 e. The summed E-state index contributed by atoms with van der Waals surface area (Å²) < 4.78 is 76.1. The molecule has 7 heteroatoms. The van der Waals surface area contributed by atoms with Crippen LogP contribution in [0.25, 0.3) is 11.1 Å². The molecule has 0 saturated heterocycles. The van der Waals surface area contributed by atoms with Gasteiger partial charge in [0.1, 0.15) is 11.4 Å². The molecule has 108 valence electrons. The van der Waals surface area contributed by atoms with Gasteiger partial charge in [-0.1, -0.05) is 29.8 Å². The summed E-state index contributed by atoms with van der Waals surface area (Å²) in [5.41, 5.74) is -2.44. The number of benzene rings is 1. The Morgan fingerprint density at radius 1 is 0.850 bits per heavy atom. The molecule has 0 aliphatic carbocycles. The van der Waals surface area contributed by atoms with Gasteiger partial charge in [0.15, 0.2) is 0 Å². The average Bonchev–Trinajstić information content (AvgIpc) is 2.74. The topological polar surface area (TPSA) is 15.8 Å². The Morgan fingerprint density at radius 2 is 1.40 bits per heavy atom. The van der Waals surface area contributed by atoms with E-state index in [9.17, 15) is 26.3 Å². The van der Waals surface area contributed by atoms with Gasteiger partial charge in [0, 0.05) is 5.56 Å². The van der Waals surface area contributed by atoms with E-state index in [2.05, 4.69) is 0 Å². The van der Waals surface area contributed by atoms with E-state index in [0.29, 0.717) is 6.07 Å². The quantitative estimate of drug-likeness (QED) is 0.710.